The Bertz CT molecular complexity index is 980. The van der Waals surface area contributed by atoms with Gasteiger partial charge in [-0.25, -0.2) is 4.98 Å². The summed E-state index contributed by atoms with van der Waals surface area (Å²) in [6.45, 7) is 2.44. The zero-order valence-electron chi connectivity index (χ0n) is 13.8. The number of rotatable bonds is 6. The highest BCUT2D eigenvalue weighted by molar-refractivity contribution is 7.22. The van der Waals surface area contributed by atoms with Crippen molar-refractivity contribution in [2.75, 3.05) is 11.9 Å². The molecule has 1 N–H and O–H groups in total. The summed E-state index contributed by atoms with van der Waals surface area (Å²) in [5, 5.41) is 13.8. The van der Waals surface area contributed by atoms with Gasteiger partial charge < -0.3 is 4.74 Å². The van der Waals surface area contributed by atoms with Crippen molar-refractivity contribution in [1.29, 1.82) is 0 Å². The van der Waals surface area contributed by atoms with Crippen LogP contribution >= 0.6 is 11.3 Å². The molecule has 2 aromatic carbocycles. The van der Waals surface area contributed by atoms with Crippen LogP contribution in [0.5, 0.6) is 5.75 Å². The summed E-state index contributed by atoms with van der Waals surface area (Å²) in [4.78, 5) is 26.6. The van der Waals surface area contributed by atoms with Crippen LogP contribution in [0.15, 0.2) is 48.5 Å². The van der Waals surface area contributed by atoms with Crippen LogP contribution in [0.25, 0.3) is 16.3 Å². The molecule has 8 heteroatoms. The van der Waals surface area contributed by atoms with Gasteiger partial charge in [-0.15, -0.1) is 0 Å². The first-order chi connectivity index (χ1) is 12.6. The van der Waals surface area contributed by atoms with E-state index in [1.54, 1.807) is 18.2 Å². The lowest BCUT2D eigenvalue weighted by atomic mass is 10.2. The zero-order valence-corrected chi connectivity index (χ0v) is 14.7. The van der Waals surface area contributed by atoms with Crippen molar-refractivity contribution in [3.63, 3.8) is 0 Å². The normalized spacial score (nSPS) is 11.0. The maximum Gasteiger partial charge on any atom is 0.269 e. The van der Waals surface area contributed by atoms with Crippen molar-refractivity contribution in [2.24, 2.45) is 0 Å². The molecular formula is C18H15N3O4S. The number of nitrogens with zero attached hydrogens (tertiary/aromatic N) is 2. The second kappa shape index (κ2) is 7.75. The van der Waals surface area contributed by atoms with Crippen LogP contribution < -0.4 is 10.1 Å². The summed E-state index contributed by atoms with van der Waals surface area (Å²) in [5.74, 6) is 0.350. The zero-order chi connectivity index (χ0) is 18.5. The number of carbonyl (C=O) groups excluding carboxylic acids is 1. The minimum absolute atomic E-state index is 0.00572. The quantitative estimate of drug-likeness (QED) is 0.398. The fraction of sp³-hybridized carbons (Fsp3) is 0.111. The minimum atomic E-state index is -0.468. The number of nitrogens with one attached hydrogen (secondary N) is 1. The summed E-state index contributed by atoms with van der Waals surface area (Å²) in [5.41, 5.74) is 1.41. The van der Waals surface area contributed by atoms with Gasteiger partial charge in [0.2, 0.25) is 5.91 Å². The monoisotopic (exact) mass is 369 g/mol. The van der Waals surface area contributed by atoms with E-state index in [4.69, 9.17) is 4.74 Å². The molecular weight excluding hydrogens is 354 g/mol. The summed E-state index contributed by atoms with van der Waals surface area (Å²) in [6, 6.07) is 11.6. The lowest BCUT2D eigenvalue weighted by Gasteiger charge is -2.01. The second-order valence-electron chi connectivity index (χ2n) is 5.23. The number of amides is 1. The molecule has 1 heterocycles. The fourth-order valence-corrected chi connectivity index (χ4v) is 3.16. The van der Waals surface area contributed by atoms with Crippen molar-refractivity contribution in [2.45, 2.75) is 6.92 Å². The molecule has 0 radical (unpaired) electrons. The van der Waals surface area contributed by atoms with Gasteiger partial charge in [-0.05, 0) is 42.8 Å². The van der Waals surface area contributed by atoms with E-state index in [0.29, 0.717) is 28.6 Å². The number of anilines is 1. The van der Waals surface area contributed by atoms with Crippen LogP contribution in [0, 0.1) is 10.1 Å². The Hall–Kier alpha value is -3.26. The molecule has 0 atom stereocenters. The molecule has 0 aliphatic rings. The van der Waals surface area contributed by atoms with Crippen molar-refractivity contribution in [1.82, 2.24) is 4.98 Å². The van der Waals surface area contributed by atoms with E-state index in [1.807, 2.05) is 25.1 Å². The Morgan fingerprint density at radius 1 is 1.31 bits per heavy atom. The molecule has 132 valence electrons. The van der Waals surface area contributed by atoms with E-state index >= 15 is 0 Å². The number of non-ortho nitro benzene ring substituents is 1. The number of ether oxygens (including phenoxy) is 1. The molecule has 7 nitrogen and oxygen atoms in total. The third kappa shape index (κ3) is 4.04. The first-order valence-corrected chi connectivity index (χ1v) is 8.64. The number of fused-ring (bicyclic) bond motifs is 1. The van der Waals surface area contributed by atoms with E-state index < -0.39 is 4.92 Å². The highest BCUT2D eigenvalue weighted by Crippen LogP contribution is 2.32. The van der Waals surface area contributed by atoms with Crippen LogP contribution in [0.4, 0.5) is 10.8 Å². The van der Waals surface area contributed by atoms with Crippen molar-refractivity contribution < 1.29 is 14.5 Å². The maximum atomic E-state index is 12.1. The molecule has 0 saturated heterocycles. The number of benzene rings is 2. The second-order valence-corrected chi connectivity index (χ2v) is 6.26. The summed E-state index contributed by atoms with van der Waals surface area (Å²) in [7, 11) is 0. The lowest BCUT2D eigenvalue weighted by Crippen LogP contribution is -2.07. The molecule has 0 bridgehead atoms. The van der Waals surface area contributed by atoms with Crippen molar-refractivity contribution in [3.8, 4) is 5.75 Å². The van der Waals surface area contributed by atoms with Gasteiger partial charge in [-0.1, -0.05) is 17.4 Å². The van der Waals surface area contributed by atoms with E-state index in [9.17, 15) is 14.9 Å². The Balaban J connectivity index is 1.70. The number of thiazole rings is 1. The van der Waals surface area contributed by atoms with Crippen LogP contribution in [0.2, 0.25) is 0 Å². The maximum absolute atomic E-state index is 12.1. The number of carbonyl (C=O) groups is 1. The molecule has 0 aliphatic carbocycles. The van der Waals surface area contributed by atoms with Gasteiger partial charge in [0, 0.05) is 18.2 Å². The van der Waals surface area contributed by atoms with Gasteiger partial charge in [0.05, 0.1) is 16.2 Å². The van der Waals surface area contributed by atoms with Crippen LogP contribution in [-0.2, 0) is 4.79 Å². The van der Waals surface area contributed by atoms with E-state index in [1.165, 1.54) is 29.5 Å². The van der Waals surface area contributed by atoms with E-state index in [0.717, 1.165) is 4.70 Å². The number of aromatic nitrogens is 1. The Morgan fingerprint density at radius 3 is 2.77 bits per heavy atom. The molecule has 1 amide bonds. The average Bonchev–Trinajstić information content (AvgIpc) is 3.04. The van der Waals surface area contributed by atoms with Crippen molar-refractivity contribution >= 4 is 44.4 Å². The highest BCUT2D eigenvalue weighted by atomic mass is 32.1. The number of nitro groups is 1. The largest absolute Gasteiger partial charge is 0.492 e. The predicted molar refractivity (Wildman–Crippen MR) is 102 cm³/mol. The first kappa shape index (κ1) is 17.6. The first-order valence-electron chi connectivity index (χ1n) is 7.82. The van der Waals surface area contributed by atoms with Gasteiger partial charge in [0.15, 0.2) is 5.13 Å². The third-order valence-electron chi connectivity index (χ3n) is 3.44. The molecule has 0 unspecified atom stereocenters. The van der Waals surface area contributed by atoms with Crippen LogP contribution in [0.3, 0.4) is 0 Å². The highest BCUT2D eigenvalue weighted by Gasteiger charge is 2.10. The SMILES string of the molecule is CCOc1cccc2sc(NC(=O)C=Cc3ccc([N+](=O)[O-])cc3)nc12. The van der Waals surface area contributed by atoms with E-state index in [-0.39, 0.29) is 11.6 Å². The lowest BCUT2D eigenvalue weighted by molar-refractivity contribution is -0.384. The minimum Gasteiger partial charge on any atom is -0.492 e. The topological polar surface area (TPSA) is 94.4 Å². The fourth-order valence-electron chi connectivity index (χ4n) is 2.27. The molecule has 3 rings (SSSR count). The van der Waals surface area contributed by atoms with Crippen molar-refractivity contribution in [3.05, 3.63) is 64.2 Å². The third-order valence-corrected chi connectivity index (χ3v) is 4.38. The van der Waals surface area contributed by atoms with E-state index in [2.05, 4.69) is 10.3 Å². The molecule has 1 aromatic heterocycles. The van der Waals surface area contributed by atoms with Crippen LogP contribution in [-0.4, -0.2) is 22.4 Å². The number of hydrogen-bond donors (Lipinski definition) is 1. The standard InChI is InChI=1S/C18H15N3O4S/c1-2-25-14-4-3-5-15-17(14)20-18(26-15)19-16(22)11-8-12-6-9-13(10-7-12)21(23)24/h3-11H,2H2,1H3,(H,19,20,22). The molecule has 3 aromatic rings. The van der Waals surface area contributed by atoms with Gasteiger partial charge in [0.1, 0.15) is 11.3 Å². The smallest absolute Gasteiger partial charge is 0.269 e. The summed E-state index contributed by atoms with van der Waals surface area (Å²) in [6.07, 6.45) is 2.94. The average molecular weight is 369 g/mol. The molecule has 0 saturated carbocycles. The Labute approximate surface area is 153 Å². The van der Waals surface area contributed by atoms with Gasteiger partial charge in [-0.2, -0.15) is 0 Å². The molecule has 0 fully saturated rings. The number of hydrogen-bond acceptors (Lipinski definition) is 6. The Morgan fingerprint density at radius 2 is 2.08 bits per heavy atom. The van der Waals surface area contributed by atoms with Gasteiger partial charge in [-0.3, -0.25) is 20.2 Å². The summed E-state index contributed by atoms with van der Waals surface area (Å²) < 4.78 is 6.46. The summed E-state index contributed by atoms with van der Waals surface area (Å²) >= 11 is 1.36. The molecule has 0 aliphatic heterocycles. The van der Waals surface area contributed by atoms with Gasteiger partial charge in [0.25, 0.3) is 5.69 Å². The Kier molecular flexibility index (Phi) is 5.23. The van der Waals surface area contributed by atoms with Crippen LogP contribution in [0.1, 0.15) is 12.5 Å². The predicted octanol–water partition coefficient (Wildman–Crippen LogP) is 4.26. The molecule has 26 heavy (non-hydrogen) atoms. The number of nitro benzene ring substituents is 1. The van der Waals surface area contributed by atoms with Gasteiger partial charge >= 0.3 is 0 Å². The number of para-hydroxylation sites is 1. The molecule has 0 spiro atoms.